The van der Waals surface area contributed by atoms with Gasteiger partial charge in [-0.15, -0.1) is 0 Å². The lowest BCUT2D eigenvalue weighted by Gasteiger charge is -2.11. The molecule has 1 aromatic heterocycles. The lowest BCUT2D eigenvalue weighted by molar-refractivity contribution is -0.118. The first-order valence-corrected chi connectivity index (χ1v) is 8.48. The monoisotopic (exact) mass is 352 g/mol. The Bertz CT molecular complexity index is 976. The largest absolute Gasteiger partial charge is 0.368 e. The predicted molar refractivity (Wildman–Crippen MR) is 87.8 cm³/mol. The summed E-state index contributed by atoms with van der Waals surface area (Å²) in [5, 5.41) is 0. The molecule has 24 heavy (non-hydrogen) atoms. The van der Waals surface area contributed by atoms with E-state index in [0.717, 1.165) is 10.8 Å². The van der Waals surface area contributed by atoms with Crippen LogP contribution in [0.5, 0.6) is 0 Å². The maximum absolute atomic E-state index is 12.2. The standard InChI is InChI=1S/C14H16N4O5S/c1-17-7-11(13(20)18(14(17)21)8-12(15)19)16-24(22,23)9-10-5-3-2-4-6-10/h2-7,16H,8-9H2,1H3,(H2,15,19). The number of amides is 1. The maximum atomic E-state index is 12.2. The number of rotatable bonds is 6. The van der Waals surface area contributed by atoms with Crippen molar-refractivity contribution in [2.45, 2.75) is 12.3 Å². The number of nitrogens with one attached hydrogen (secondary N) is 1. The Morgan fingerprint density at radius 1 is 1.21 bits per heavy atom. The number of benzene rings is 1. The van der Waals surface area contributed by atoms with Crippen LogP contribution in [0.2, 0.25) is 0 Å². The van der Waals surface area contributed by atoms with E-state index in [0.29, 0.717) is 10.1 Å². The van der Waals surface area contributed by atoms with Gasteiger partial charge in [0.05, 0.1) is 5.75 Å². The van der Waals surface area contributed by atoms with Crippen LogP contribution in [0.25, 0.3) is 0 Å². The van der Waals surface area contributed by atoms with Gasteiger partial charge < -0.3 is 10.3 Å². The van der Waals surface area contributed by atoms with Gasteiger partial charge in [-0.05, 0) is 5.56 Å². The van der Waals surface area contributed by atoms with Crippen LogP contribution in [0.1, 0.15) is 5.56 Å². The van der Waals surface area contributed by atoms with E-state index < -0.39 is 33.7 Å². The molecule has 3 N–H and O–H groups in total. The van der Waals surface area contributed by atoms with Crippen molar-refractivity contribution in [1.29, 1.82) is 0 Å². The average Bonchev–Trinajstić information content (AvgIpc) is 2.49. The predicted octanol–water partition coefficient (Wildman–Crippen LogP) is -1.03. The van der Waals surface area contributed by atoms with Crippen LogP contribution in [0.3, 0.4) is 0 Å². The molecule has 1 heterocycles. The molecule has 0 saturated heterocycles. The summed E-state index contributed by atoms with van der Waals surface area (Å²) >= 11 is 0. The highest BCUT2D eigenvalue weighted by Crippen LogP contribution is 2.08. The number of carbonyl (C=O) groups excluding carboxylic acids is 1. The topological polar surface area (TPSA) is 133 Å². The molecule has 0 fully saturated rings. The molecule has 0 saturated carbocycles. The van der Waals surface area contributed by atoms with Crippen molar-refractivity contribution in [2.24, 2.45) is 12.8 Å². The summed E-state index contributed by atoms with van der Waals surface area (Å²) in [4.78, 5) is 35.1. The van der Waals surface area contributed by atoms with E-state index in [2.05, 4.69) is 4.72 Å². The first-order valence-electron chi connectivity index (χ1n) is 6.83. The lowest BCUT2D eigenvalue weighted by atomic mass is 10.2. The summed E-state index contributed by atoms with van der Waals surface area (Å²) in [6, 6.07) is 8.39. The minimum Gasteiger partial charge on any atom is -0.368 e. The highest BCUT2D eigenvalue weighted by molar-refractivity contribution is 7.91. The number of anilines is 1. The van der Waals surface area contributed by atoms with Gasteiger partial charge in [0.2, 0.25) is 15.9 Å². The Hall–Kier alpha value is -2.88. The molecule has 0 spiro atoms. The van der Waals surface area contributed by atoms with Gasteiger partial charge in [0, 0.05) is 13.2 Å². The molecule has 9 nitrogen and oxygen atoms in total. The van der Waals surface area contributed by atoms with E-state index in [1.54, 1.807) is 30.3 Å². The molecule has 128 valence electrons. The zero-order valence-corrected chi connectivity index (χ0v) is 13.6. The van der Waals surface area contributed by atoms with E-state index in [1.807, 2.05) is 0 Å². The van der Waals surface area contributed by atoms with Crippen molar-refractivity contribution in [3.63, 3.8) is 0 Å². The van der Waals surface area contributed by atoms with Crippen molar-refractivity contribution >= 4 is 21.6 Å². The Kier molecular flexibility index (Phi) is 4.88. The van der Waals surface area contributed by atoms with Crippen LogP contribution in [0, 0.1) is 0 Å². The maximum Gasteiger partial charge on any atom is 0.331 e. The van der Waals surface area contributed by atoms with E-state index in [9.17, 15) is 22.8 Å². The van der Waals surface area contributed by atoms with Crippen molar-refractivity contribution in [3.8, 4) is 0 Å². The van der Waals surface area contributed by atoms with Gasteiger partial charge >= 0.3 is 5.69 Å². The zero-order valence-electron chi connectivity index (χ0n) is 12.8. The third-order valence-electron chi connectivity index (χ3n) is 3.11. The second-order valence-electron chi connectivity index (χ2n) is 5.14. The molecular formula is C14H16N4O5S. The molecule has 0 aliphatic carbocycles. The third-order valence-corrected chi connectivity index (χ3v) is 4.35. The lowest BCUT2D eigenvalue weighted by Crippen LogP contribution is -2.43. The number of aryl methyl sites for hydroxylation is 1. The van der Waals surface area contributed by atoms with Crippen LogP contribution >= 0.6 is 0 Å². The van der Waals surface area contributed by atoms with Crippen molar-refractivity contribution in [3.05, 3.63) is 62.9 Å². The normalized spacial score (nSPS) is 11.2. The van der Waals surface area contributed by atoms with Gasteiger partial charge in [0.1, 0.15) is 12.2 Å². The number of primary amides is 1. The summed E-state index contributed by atoms with van der Waals surface area (Å²) in [5.74, 6) is -1.23. The SMILES string of the molecule is Cn1cc(NS(=O)(=O)Cc2ccccc2)c(=O)n(CC(N)=O)c1=O. The first kappa shape index (κ1) is 17.5. The van der Waals surface area contributed by atoms with E-state index in [1.165, 1.54) is 7.05 Å². The fourth-order valence-corrected chi connectivity index (χ4v) is 3.27. The molecule has 2 aromatic rings. The van der Waals surface area contributed by atoms with Gasteiger partial charge in [0.15, 0.2) is 0 Å². The Balaban J connectivity index is 2.39. The van der Waals surface area contributed by atoms with Gasteiger partial charge in [-0.2, -0.15) is 0 Å². The summed E-state index contributed by atoms with van der Waals surface area (Å²) in [7, 11) is -2.55. The van der Waals surface area contributed by atoms with Crippen LogP contribution in [0.4, 0.5) is 5.69 Å². The number of aromatic nitrogens is 2. The first-order chi connectivity index (χ1) is 11.2. The average molecular weight is 352 g/mol. The second-order valence-corrected chi connectivity index (χ2v) is 6.86. The number of hydrogen-bond donors (Lipinski definition) is 2. The summed E-state index contributed by atoms with van der Waals surface area (Å²) in [6.07, 6.45) is 1.06. The molecule has 0 aliphatic rings. The highest BCUT2D eigenvalue weighted by atomic mass is 32.2. The van der Waals surface area contributed by atoms with Crippen LogP contribution in [-0.2, 0) is 34.2 Å². The Morgan fingerprint density at radius 3 is 2.42 bits per heavy atom. The smallest absolute Gasteiger partial charge is 0.331 e. The number of nitrogens with zero attached hydrogens (tertiary/aromatic N) is 2. The molecule has 0 bridgehead atoms. The molecule has 2 rings (SSSR count). The van der Waals surface area contributed by atoms with Gasteiger partial charge in [-0.25, -0.2) is 17.8 Å². The number of sulfonamides is 1. The van der Waals surface area contributed by atoms with Crippen molar-refractivity contribution in [2.75, 3.05) is 4.72 Å². The summed E-state index contributed by atoms with van der Waals surface area (Å²) in [6.45, 7) is -0.639. The summed E-state index contributed by atoms with van der Waals surface area (Å²) < 4.78 is 28.1. The Labute approximate surface area is 137 Å². The van der Waals surface area contributed by atoms with Gasteiger partial charge in [-0.1, -0.05) is 30.3 Å². The number of carbonyl (C=O) groups is 1. The third kappa shape index (κ3) is 4.10. The molecule has 0 aliphatic heterocycles. The fourth-order valence-electron chi connectivity index (χ4n) is 2.09. The van der Waals surface area contributed by atoms with Crippen LogP contribution < -0.4 is 21.7 Å². The molecule has 0 atom stereocenters. The molecule has 0 radical (unpaired) electrons. The van der Waals surface area contributed by atoms with Crippen LogP contribution in [-0.4, -0.2) is 23.5 Å². The Morgan fingerprint density at radius 2 is 1.83 bits per heavy atom. The fraction of sp³-hybridized carbons (Fsp3) is 0.214. The van der Waals surface area contributed by atoms with E-state index in [-0.39, 0.29) is 11.4 Å². The molecule has 1 aromatic carbocycles. The van der Waals surface area contributed by atoms with E-state index >= 15 is 0 Å². The van der Waals surface area contributed by atoms with Gasteiger partial charge in [0.25, 0.3) is 5.56 Å². The molecule has 0 unspecified atom stereocenters. The minimum absolute atomic E-state index is 0.339. The minimum atomic E-state index is -3.88. The molecule has 10 heteroatoms. The molecule has 1 amide bonds. The number of nitrogens with two attached hydrogens (primary N) is 1. The second kappa shape index (κ2) is 6.71. The molecular weight excluding hydrogens is 336 g/mol. The van der Waals surface area contributed by atoms with Gasteiger partial charge in [-0.3, -0.25) is 14.3 Å². The van der Waals surface area contributed by atoms with Crippen molar-refractivity contribution < 1.29 is 13.2 Å². The number of hydrogen-bond acceptors (Lipinski definition) is 5. The summed E-state index contributed by atoms with van der Waals surface area (Å²) in [5.41, 5.74) is 3.49. The van der Waals surface area contributed by atoms with Crippen molar-refractivity contribution in [1.82, 2.24) is 9.13 Å². The van der Waals surface area contributed by atoms with Crippen LogP contribution in [0.15, 0.2) is 46.1 Å². The zero-order chi connectivity index (χ0) is 17.9. The quantitative estimate of drug-likeness (QED) is 0.686. The highest BCUT2D eigenvalue weighted by Gasteiger charge is 2.17. The van der Waals surface area contributed by atoms with E-state index in [4.69, 9.17) is 5.73 Å².